The van der Waals surface area contributed by atoms with Gasteiger partial charge in [-0.15, -0.1) is 0 Å². The predicted molar refractivity (Wildman–Crippen MR) is 44.3 cm³/mol. The first-order valence-corrected chi connectivity index (χ1v) is 4.48. The molecule has 0 bridgehead atoms. The summed E-state index contributed by atoms with van der Waals surface area (Å²) in [4.78, 5) is 0. The molecular formula is C7H6IO. The lowest BCUT2D eigenvalue weighted by Crippen LogP contribution is -1.75. The van der Waals surface area contributed by atoms with Gasteiger partial charge >= 0.3 is 0 Å². The first-order valence-electron chi connectivity index (χ1n) is 2.52. The smallest absolute Gasteiger partial charge is 0.182 e. The summed E-state index contributed by atoms with van der Waals surface area (Å²) in [5, 5.41) is 0. The van der Waals surface area contributed by atoms with Gasteiger partial charge in [-0.05, 0) is 18.6 Å². The Balaban J connectivity index is 3.15. The number of hydrogen-bond acceptors (Lipinski definition) is 1. The highest BCUT2D eigenvalue weighted by atomic mass is 127. The van der Waals surface area contributed by atoms with Crippen LogP contribution in [0.2, 0.25) is 0 Å². The van der Waals surface area contributed by atoms with Crippen LogP contribution >= 0.6 is 21.2 Å². The largest absolute Gasteiger partial charge is 0.265 e. The molecule has 0 aliphatic rings. The van der Waals surface area contributed by atoms with Crippen LogP contribution in [0.25, 0.3) is 0 Å². The highest BCUT2D eigenvalue weighted by molar-refractivity contribution is 14.1. The Morgan fingerprint density at radius 2 is 2.00 bits per heavy atom. The minimum Gasteiger partial charge on any atom is -0.265 e. The SMILES string of the molecule is [CH2]c1ccccc1I=O. The van der Waals surface area contributed by atoms with Gasteiger partial charge in [0.25, 0.3) is 0 Å². The van der Waals surface area contributed by atoms with Crippen LogP contribution < -0.4 is 0 Å². The summed E-state index contributed by atoms with van der Waals surface area (Å²) in [6, 6.07) is 7.49. The fourth-order valence-corrected chi connectivity index (χ4v) is 1.39. The molecule has 1 aromatic rings. The van der Waals surface area contributed by atoms with Gasteiger partial charge < -0.3 is 0 Å². The summed E-state index contributed by atoms with van der Waals surface area (Å²) in [5.74, 6) is 0. The van der Waals surface area contributed by atoms with Crippen LogP contribution in [0, 0.1) is 10.5 Å². The van der Waals surface area contributed by atoms with Crippen LogP contribution in [0.1, 0.15) is 5.56 Å². The summed E-state index contributed by atoms with van der Waals surface area (Å²) in [5.41, 5.74) is 0.889. The Labute approximate surface area is 64.7 Å². The lowest BCUT2D eigenvalue weighted by atomic mass is 10.2. The van der Waals surface area contributed by atoms with Crippen molar-refractivity contribution in [1.29, 1.82) is 0 Å². The summed E-state index contributed by atoms with van der Waals surface area (Å²) in [6.07, 6.45) is 0. The van der Waals surface area contributed by atoms with Crippen molar-refractivity contribution in [3.05, 3.63) is 40.3 Å². The molecule has 0 heterocycles. The van der Waals surface area contributed by atoms with E-state index in [1.54, 1.807) is 0 Å². The second kappa shape index (κ2) is 3.06. The topological polar surface area (TPSA) is 17.1 Å². The molecule has 0 spiro atoms. The minimum absolute atomic E-state index is 0.889. The molecule has 0 aliphatic carbocycles. The minimum atomic E-state index is -1.02. The maximum absolute atomic E-state index is 10.4. The normalized spacial score (nSPS) is 9.44. The number of halogens is 1. The van der Waals surface area contributed by atoms with E-state index in [2.05, 4.69) is 6.92 Å². The molecule has 0 aliphatic heterocycles. The summed E-state index contributed by atoms with van der Waals surface area (Å²) < 4.78 is 11.3. The molecule has 1 rings (SSSR count). The van der Waals surface area contributed by atoms with E-state index in [1.807, 2.05) is 24.3 Å². The molecule has 0 amide bonds. The zero-order chi connectivity index (χ0) is 6.69. The van der Waals surface area contributed by atoms with Crippen LogP contribution in [0.15, 0.2) is 24.3 Å². The van der Waals surface area contributed by atoms with Gasteiger partial charge in [-0.2, -0.15) is 0 Å². The zero-order valence-corrected chi connectivity index (χ0v) is 6.96. The molecular weight excluding hydrogens is 227 g/mol. The molecule has 2 heteroatoms. The predicted octanol–water partition coefficient (Wildman–Crippen LogP) is 2.35. The molecule has 1 aromatic carbocycles. The molecule has 0 saturated carbocycles. The van der Waals surface area contributed by atoms with Crippen molar-refractivity contribution < 1.29 is 3.07 Å². The summed E-state index contributed by atoms with van der Waals surface area (Å²) in [6.45, 7) is 3.72. The van der Waals surface area contributed by atoms with Crippen molar-refractivity contribution in [2.24, 2.45) is 0 Å². The summed E-state index contributed by atoms with van der Waals surface area (Å²) in [7, 11) is 0. The van der Waals surface area contributed by atoms with E-state index in [0.717, 1.165) is 9.13 Å². The van der Waals surface area contributed by atoms with Crippen molar-refractivity contribution in [2.45, 2.75) is 0 Å². The van der Waals surface area contributed by atoms with E-state index in [0.29, 0.717) is 0 Å². The van der Waals surface area contributed by atoms with E-state index in [9.17, 15) is 3.07 Å². The average Bonchev–Trinajstić information content (AvgIpc) is 1.89. The number of rotatable bonds is 1. The van der Waals surface area contributed by atoms with Gasteiger partial charge in [0.05, 0.1) is 0 Å². The first kappa shape index (κ1) is 6.86. The Hall–Kier alpha value is -0.250. The maximum Gasteiger partial charge on any atom is 0.182 e. The Kier molecular flexibility index (Phi) is 2.33. The molecule has 9 heavy (non-hydrogen) atoms. The molecule has 0 saturated heterocycles. The quantitative estimate of drug-likeness (QED) is 0.680. The standard InChI is InChI=1S/C7H6IO/c1-6-4-2-3-5-7(6)8-9/h2-5H,1H2. The maximum atomic E-state index is 10.4. The highest BCUT2D eigenvalue weighted by Crippen LogP contribution is 2.13. The summed E-state index contributed by atoms with van der Waals surface area (Å²) >= 11 is -1.02. The third-order valence-corrected chi connectivity index (χ3v) is 2.57. The highest BCUT2D eigenvalue weighted by Gasteiger charge is 1.91. The average molecular weight is 233 g/mol. The Bertz CT molecular complexity index is 220. The van der Waals surface area contributed by atoms with Crippen LogP contribution in [0.3, 0.4) is 0 Å². The van der Waals surface area contributed by atoms with Gasteiger partial charge in [0.15, 0.2) is 21.2 Å². The van der Waals surface area contributed by atoms with Crippen molar-refractivity contribution in [1.82, 2.24) is 0 Å². The van der Waals surface area contributed by atoms with Crippen LogP contribution in [-0.2, 0) is 3.07 Å². The zero-order valence-electron chi connectivity index (χ0n) is 4.80. The van der Waals surface area contributed by atoms with Crippen molar-refractivity contribution >= 4 is 21.2 Å². The molecule has 0 fully saturated rings. The fraction of sp³-hybridized carbons (Fsp3) is 0. The second-order valence-electron chi connectivity index (χ2n) is 1.67. The number of hydrogen-bond donors (Lipinski definition) is 0. The van der Waals surface area contributed by atoms with E-state index in [-0.39, 0.29) is 0 Å². The molecule has 0 atom stereocenters. The molecule has 47 valence electrons. The van der Waals surface area contributed by atoms with Gasteiger partial charge in [0.1, 0.15) is 0 Å². The van der Waals surface area contributed by atoms with Crippen molar-refractivity contribution in [3.8, 4) is 0 Å². The Morgan fingerprint density at radius 1 is 1.33 bits per heavy atom. The lowest BCUT2D eigenvalue weighted by Gasteiger charge is -1.91. The molecule has 0 unspecified atom stereocenters. The van der Waals surface area contributed by atoms with E-state index in [4.69, 9.17) is 0 Å². The molecule has 0 N–H and O–H groups in total. The van der Waals surface area contributed by atoms with Crippen LogP contribution in [0.5, 0.6) is 0 Å². The first-order chi connectivity index (χ1) is 4.34. The molecule has 0 aromatic heterocycles. The van der Waals surface area contributed by atoms with E-state index in [1.165, 1.54) is 0 Å². The molecule has 1 radical (unpaired) electrons. The second-order valence-corrected chi connectivity index (χ2v) is 3.27. The third-order valence-electron chi connectivity index (χ3n) is 1.04. The van der Waals surface area contributed by atoms with Gasteiger partial charge in [-0.25, -0.2) is 0 Å². The van der Waals surface area contributed by atoms with Gasteiger partial charge in [0.2, 0.25) is 0 Å². The number of benzene rings is 1. The van der Waals surface area contributed by atoms with Gasteiger partial charge in [-0.1, -0.05) is 18.2 Å². The van der Waals surface area contributed by atoms with Crippen LogP contribution in [0.4, 0.5) is 0 Å². The van der Waals surface area contributed by atoms with Crippen LogP contribution in [-0.4, -0.2) is 0 Å². The van der Waals surface area contributed by atoms with Crippen molar-refractivity contribution in [2.75, 3.05) is 0 Å². The van der Waals surface area contributed by atoms with E-state index >= 15 is 0 Å². The monoisotopic (exact) mass is 233 g/mol. The lowest BCUT2D eigenvalue weighted by molar-refractivity contribution is 0.648. The molecule has 1 nitrogen and oxygen atoms in total. The van der Waals surface area contributed by atoms with Gasteiger partial charge in [0, 0.05) is 3.57 Å². The fourth-order valence-electron chi connectivity index (χ4n) is 0.574. The van der Waals surface area contributed by atoms with Crippen molar-refractivity contribution in [3.63, 3.8) is 0 Å². The van der Waals surface area contributed by atoms with Gasteiger partial charge in [-0.3, -0.25) is 3.07 Å². The third kappa shape index (κ3) is 1.58. The van der Waals surface area contributed by atoms with E-state index < -0.39 is 21.2 Å². The Morgan fingerprint density at radius 3 is 2.44 bits per heavy atom.